The number of aliphatic hydroxyl groups is 2. The van der Waals surface area contributed by atoms with Crippen LogP contribution in [0.3, 0.4) is 0 Å². The molecular weight excluding hydrogens is 882 g/mol. The fourth-order valence-electron chi connectivity index (χ4n) is 5.27. The van der Waals surface area contributed by atoms with Crippen molar-refractivity contribution >= 4 is 0 Å². The summed E-state index contributed by atoms with van der Waals surface area (Å²) >= 11 is 0. The Hall–Kier alpha value is -2.34. The van der Waals surface area contributed by atoms with Crippen LogP contribution in [0.25, 0.3) is 0 Å². The first-order valence-electron chi connectivity index (χ1n) is 11.7. The zero-order valence-corrected chi connectivity index (χ0v) is 22.9. The van der Waals surface area contributed by atoms with Gasteiger partial charge < -0.3 is 10.2 Å². The van der Waals surface area contributed by atoms with E-state index in [1.165, 1.54) is 9.47 Å². The molecule has 320 valence electrons. The zero-order valence-electron chi connectivity index (χ0n) is 22.9. The van der Waals surface area contributed by atoms with Crippen molar-refractivity contribution in [1.29, 1.82) is 0 Å². The van der Waals surface area contributed by atoms with Crippen LogP contribution in [0.2, 0.25) is 0 Å². The molecule has 0 atom stereocenters. The average Bonchev–Trinajstić information content (AvgIpc) is 2.87. The Morgan fingerprint density at radius 2 is 0.481 bits per heavy atom. The fourth-order valence-corrected chi connectivity index (χ4v) is 5.27. The third-order valence-corrected chi connectivity index (χ3v) is 7.70. The molecule has 6 nitrogen and oxygen atoms in total. The second kappa shape index (κ2) is 10.4. The van der Waals surface area contributed by atoms with Gasteiger partial charge in [-0.25, -0.2) is 18.3 Å². The highest BCUT2D eigenvalue weighted by Gasteiger charge is 3.24. The number of alkyl halides is 30. The minimum Gasteiger partial charge on any atom is -0.329 e. The molecule has 0 heterocycles. The molecule has 0 aliphatic heterocycles. The van der Waals surface area contributed by atoms with Crippen molar-refractivity contribution in [2.45, 2.75) is 107 Å². The van der Waals surface area contributed by atoms with Crippen molar-refractivity contribution in [3.63, 3.8) is 0 Å². The molecule has 36 heteroatoms. The Morgan fingerprint density at radius 1 is 0.278 bits per heavy atom. The second-order valence-corrected chi connectivity index (χ2v) is 10.7. The van der Waals surface area contributed by atoms with E-state index < -0.39 is 107 Å². The Morgan fingerprint density at radius 3 is 0.667 bits per heavy atom. The summed E-state index contributed by atoms with van der Waals surface area (Å²) in [4.78, 5) is 0. The van der Waals surface area contributed by atoms with E-state index in [1.807, 2.05) is 0 Å². The minimum absolute atomic E-state index is 1.14. The van der Waals surface area contributed by atoms with Gasteiger partial charge in [0.15, 0.2) is 0 Å². The largest absolute Gasteiger partial charge is 0.453 e. The van der Waals surface area contributed by atoms with Gasteiger partial charge in [0.25, 0.3) is 11.2 Å². The van der Waals surface area contributed by atoms with Crippen LogP contribution in [-0.2, 0) is 18.9 Å². The zero-order chi connectivity index (χ0) is 43.8. The number of hydrogen-bond acceptors (Lipinski definition) is 6. The molecule has 4 aliphatic carbocycles. The molecule has 4 fully saturated rings. The first kappa shape index (κ1) is 46.0. The molecule has 0 aromatic rings. The standard InChI is InChI=1S/C18H2F30O6/c19-1-5(21,22)2(20)8(27,28)3(6(1,23)24,51-15(41,42)17(45,46)53-13(37,38)11(33,34)49)10(31,32)4(7(1,25)26,9(2,29)30)52-16(43,44)18(47,48)54-14(39,40)12(35,36)50/h49-50H. The molecule has 4 aliphatic rings. The Bertz CT molecular complexity index is 1380. The van der Waals surface area contributed by atoms with Gasteiger partial charge in [0.1, 0.15) is 0 Å². The second-order valence-electron chi connectivity index (χ2n) is 10.7. The van der Waals surface area contributed by atoms with Crippen LogP contribution in [0.1, 0.15) is 0 Å². The van der Waals surface area contributed by atoms with Gasteiger partial charge >= 0.3 is 95.7 Å². The van der Waals surface area contributed by atoms with E-state index in [0.29, 0.717) is 0 Å². The molecule has 54 heavy (non-hydrogen) atoms. The Balaban J connectivity index is 2.60. The lowest BCUT2D eigenvalue weighted by molar-refractivity contribution is -0.663. The monoisotopic (exact) mass is 884 g/mol. The van der Waals surface area contributed by atoms with Crippen LogP contribution >= 0.6 is 0 Å². The van der Waals surface area contributed by atoms with Crippen LogP contribution in [-0.4, -0.2) is 117 Å². The van der Waals surface area contributed by atoms with Crippen LogP contribution < -0.4 is 0 Å². The topological polar surface area (TPSA) is 77.4 Å². The predicted octanol–water partition coefficient (Wildman–Crippen LogP) is 7.53. The lowest BCUT2D eigenvalue weighted by atomic mass is 9.39. The molecular formula is C18H2F30O6. The third kappa shape index (κ3) is 4.28. The maximum atomic E-state index is 15.7. The normalized spacial score (nSPS) is 34.7. The molecule has 0 spiro atoms. The Labute approximate surface area is 269 Å². The highest BCUT2D eigenvalue weighted by molar-refractivity contribution is 5.54. The van der Waals surface area contributed by atoms with Crippen molar-refractivity contribution in [1.82, 2.24) is 0 Å². The van der Waals surface area contributed by atoms with Crippen molar-refractivity contribution in [2.24, 2.45) is 0 Å². The summed E-state index contributed by atoms with van der Waals surface area (Å²) in [6, 6.07) is 0. The summed E-state index contributed by atoms with van der Waals surface area (Å²) in [5, 5.41) is 15.4. The van der Waals surface area contributed by atoms with Gasteiger partial charge in [0.05, 0.1) is 0 Å². The van der Waals surface area contributed by atoms with Crippen molar-refractivity contribution < 1.29 is 161 Å². The summed E-state index contributed by atoms with van der Waals surface area (Å²) < 4.78 is 433. The molecule has 0 amide bonds. The third-order valence-electron chi connectivity index (χ3n) is 7.70. The molecule has 4 bridgehead atoms. The van der Waals surface area contributed by atoms with Crippen LogP contribution in [0.5, 0.6) is 0 Å². The van der Waals surface area contributed by atoms with Gasteiger partial charge in [-0.3, -0.25) is 9.47 Å². The molecule has 4 saturated carbocycles. The predicted molar refractivity (Wildman–Crippen MR) is 91.2 cm³/mol. The summed E-state index contributed by atoms with van der Waals surface area (Å²) in [5.74, 6) is -56.7. The number of ether oxygens (including phenoxy) is 4. The Kier molecular flexibility index (Phi) is 8.86. The number of rotatable bonds is 12. The van der Waals surface area contributed by atoms with Crippen LogP contribution in [0, 0.1) is 0 Å². The van der Waals surface area contributed by atoms with E-state index in [9.17, 15) is 79.0 Å². The highest BCUT2D eigenvalue weighted by Crippen LogP contribution is 2.89. The number of hydrogen-bond donors (Lipinski definition) is 2. The fraction of sp³-hybridized carbons (Fsp3) is 1.00. The number of halogens is 30. The van der Waals surface area contributed by atoms with E-state index in [-0.39, 0.29) is 0 Å². The first-order valence-corrected chi connectivity index (χ1v) is 11.7. The smallest absolute Gasteiger partial charge is 0.329 e. The van der Waals surface area contributed by atoms with Crippen molar-refractivity contribution in [2.75, 3.05) is 0 Å². The van der Waals surface area contributed by atoms with Gasteiger partial charge in [-0.15, -0.1) is 0 Å². The van der Waals surface area contributed by atoms with Gasteiger partial charge in [0.2, 0.25) is 0 Å². The average molecular weight is 884 g/mol. The van der Waals surface area contributed by atoms with Gasteiger partial charge in [-0.05, 0) is 0 Å². The molecule has 0 aromatic heterocycles. The summed E-state index contributed by atoms with van der Waals surface area (Å²) in [7, 11) is 0. The van der Waals surface area contributed by atoms with Crippen molar-refractivity contribution in [3.05, 3.63) is 0 Å². The van der Waals surface area contributed by atoms with E-state index >= 15 is 52.7 Å². The molecule has 0 saturated heterocycles. The lowest BCUT2D eigenvalue weighted by Gasteiger charge is -2.76. The maximum absolute atomic E-state index is 15.7. The van der Waals surface area contributed by atoms with Crippen molar-refractivity contribution in [3.8, 4) is 0 Å². The lowest BCUT2D eigenvalue weighted by Crippen LogP contribution is -3.11. The quantitative estimate of drug-likeness (QED) is 0.198. The molecule has 0 aromatic carbocycles. The highest BCUT2D eigenvalue weighted by atomic mass is 19.4. The summed E-state index contributed by atoms with van der Waals surface area (Å²) in [6.07, 6.45) is -65.5. The van der Waals surface area contributed by atoms with Gasteiger partial charge in [-0.2, -0.15) is 123 Å². The summed E-state index contributed by atoms with van der Waals surface area (Å²) in [6.45, 7) is 0. The van der Waals surface area contributed by atoms with E-state index in [0.717, 1.165) is 9.47 Å². The molecule has 0 radical (unpaired) electrons. The molecule has 4 rings (SSSR count). The minimum atomic E-state index is -9.74. The molecule has 0 unspecified atom stereocenters. The van der Waals surface area contributed by atoms with Gasteiger partial charge in [0, 0.05) is 0 Å². The van der Waals surface area contributed by atoms with Crippen LogP contribution in [0.15, 0.2) is 0 Å². The SMILES string of the molecule is OC(F)(F)C(F)(F)OC(F)(F)C(F)(F)OC12C(F)(F)C3(F)C(F)(F)C(F)(C1(F)F)C(F)(F)C(OC(F)(F)C(F)(F)OC(F)(F)C(O)(F)F)(C3(F)F)C2(F)F. The van der Waals surface area contributed by atoms with E-state index in [4.69, 9.17) is 10.2 Å². The van der Waals surface area contributed by atoms with Crippen LogP contribution in [0.4, 0.5) is 132 Å². The van der Waals surface area contributed by atoms with Gasteiger partial charge in [-0.1, -0.05) is 0 Å². The summed E-state index contributed by atoms with van der Waals surface area (Å²) in [5.41, 5.74) is -37.7. The molecule has 2 N–H and O–H groups in total. The first-order chi connectivity index (χ1) is 22.8. The van der Waals surface area contributed by atoms with E-state index in [1.54, 1.807) is 0 Å². The van der Waals surface area contributed by atoms with E-state index in [2.05, 4.69) is 0 Å². The maximum Gasteiger partial charge on any atom is 0.453 e.